The minimum Gasteiger partial charge on any atom is -0.423 e. The monoisotopic (exact) mass is 302 g/mol. The molecule has 0 N–H and O–H groups in total. The van der Waals surface area contributed by atoms with E-state index in [4.69, 9.17) is 4.74 Å². The summed E-state index contributed by atoms with van der Waals surface area (Å²) in [4.78, 5) is 12.0. The Hall–Kier alpha value is -2.87. The van der Waals surface area contributed by atoms with E-state index >= 15 is 0 Å². The molecule has 0 aromatic heterocycles. The molecule has 114 valence electrons. The first-order chi connectivity index (χ1) is 11.3. The molecule has 0 saturated carbocycles. The van der Waals surface area contributed by atoms with Gasteiger partial charge in [0, 0.05) is 6.08 Å². The van der Waals surface area contributed by atoms with E-state index < -0.39 is 0 Å². The van der Waals surface area contributed by atoms with Gasteiger partial charge < -0.3 is 4.74 Å². The lowest BCUT2D eigenvalue weighted by atomic mass is 10.0. The molecular formula is C21H18O2. The molecule has 0 amide bonds. The number of aryl methyl sites for hydroxylation is 1. The molecule has 0 radical (unpaired) electrons. The number of fused-ring (bicyclic) bond motifs is 1. The fraction of sp³-hybridized carbons (Fsp3) is 0.0952. The minimum atomic E-state index is -0.373. The van der Waals surface area contributed by atoms with Gasteiger partial charge in [0.05, 0.1) is 0 Å². The van der Waals surface area contributed by atoms with E-state index in [-0.39, 0.29) is 5.97 Å². The lowest BCUT2D eigenvalue weighted by Crippen LogP contribution is -2.03. The highest BCUT2D eigenvalue weighted by molar-refractivity contribution is 5.95. The zero-order chi connectivity index (χ0) is 16.1. The van der Waals surface area contributed by atoms with E-state index in [1.807, 2.05) is 54.6 Å². The van der Waals surface area contributed by atoms with Gasteiger partial charge >= 0.3 is 5.97 Å². The lowest BCUT2D eigenvalue weighted by Gasteiger charge is -2.03. The first-order valence-corrected chi connectivity index (χ1v) is 7.73. The van der Waals surface area contributed by atoms with Gasteiger partial charge in [-0.1, -0.05) is 61.5 Å². The van der Waals surface area contributed by atoms with Gasteiger partial charge in [-0.2, -0.15) is 0 Å². The largest absolute Gasteiger partial charge is 0.423 e. The Kier molecular flexibility index (Phi) is 4.53. The average Bonchev–Trinajstić information content (AvgIpc) is 2.60. The molecule has 2 nitrogen and oxygen atoms in total. The summed E-state index contributed by atoms with van der Waals surface area (Å²) in [7, 11) is 0. The molecule has 0 aliphatic heterocycles. The predicted octanol–water partition coefficient (Wildman–Crippen LogP) is 5.02. The highest BCUT2D eigenvalue weighted by Crippen LogP contribution is 2.20. The molecule has 2 heteroatoms. The predicted molar refractivity (Wildman–Crippen MR) is 94.4 cm³/mol. The van der Waals surface area contributed by atoms with Gasteiger partial charge in [0.25, 0.3) is 0 Å². The average molecular weight is 302 g/mol. The maximum Gasteiger partial charge on any atom is 0.336 e. The third-order valence-electron chi connectivity index (χ3n) is 3.77. The number of carbonyl (C=O) groups excluding carboxylic acids is 1. The maximum absolute atomic E-state index is 12.0. The summed E-state index contributed by atoms with van der Waals surface area (Å²) in [5.74, 6) is 0.192. The molecule has 0 bridgehead atoms. The number of benzene rings is 3. The van der Waals surface area contributed by atoms with Crippen LogP contribution < -0.4 is 4.74 Å². The quantitative estimate of drug-likeness (QED) is 0.384. The van der Waals surface area contributed by atoms with Crippen molar-refractivity contribution >= 4 is 22.8 Å². The van der Waals surface area contributed by atoms with Crippen LogP contribution >= 0.6 is 0 Å². The molecule has 3 aromatic rings. The van der Waals surface area contributed by atoms with Crippen LogP contribution in [-0.4, -0.2) is 5.97 Å². The van der Waals surface area contributed by atoms with Crippen molar-refractivity contribution in [2.75, 3.05) is 0 Å². The molecule has 0 aliphatic carbocycles. The van der Waals surface area contributed by atoms with Gasteiger partial charge in [-0.3, -0.25) is 0 Å². The maximum atomic E-state index is 12.0. The fourth-order valence-corrected chi connectivity index (χ4v) is 2.50. The van der Waals surface area contributed by atoms with Crippen molar-refractivity contribution < 1.29 is 9.53 Å². The van der Waals surface area contributed by atoms with Gasteiger partial charge in [-0.05, 0) is 46.5 Å². The Morgan fingerprint density at radius 1 is 0.957 bits per heavy atom. The smallest absolute Gasteiger partial charge is 0.336 e. The second-order valence-corrected chi connectivity index (χ2v) is 5.32. The molecule has 0 heterocycles. The first-order valence-electron chi connectivity index (χ1n) is 7.73. The van der Waals surface area contributed by atoms with Crippen LogP contribution in [0.25, 0.3) is 16.8 Å². The normalized spacial score (nSPS) is 11.0. The molecule has 3 rings (SSSR count). The molecular weight excluding hydrogens is 284 g/mol. The van der Waals surface area contributed by atoms with Crippen LogP contribution in [0.15, 0.2) is 72.8 Å². The van der Waals surface area contributed by atoms with Crippen LogP contribution in [0.3, 0.4) is 0 Å². The number of rotatable bonds is 4. The summed E-state index contributed by atoms with van der Waals surface area (Å²) >= 11 is 0. The minimum absolute atomic E-state index is 0.373. The topological polar surface area (TPSA) is 26.3 Å². The van der Waals surface area contributed by atoms with Crippen LogP contribution in [0.5, 0.6) is 5.75 Å². The summed E-state index contributed by atoms with van der Waals surface area (Å²) in [5.41, 5.74) is 2.22. The SMILES string of the molecule is CCc1ccc(OC(=O)C=Cc2cccc3ccccc23)cc1. The molecule has 0 aliphatic rings. The van der Waals surface area contributed by atoms with Crippen molar-refractivity contribution in [1.29, 1.82) is 0 Å². The number of esters is 1. The Morgan fingerprint density at radius 2 is 1.70 bits per heavy atom. The summed E-state index contributed by atoms with van der Waals surface area (Å²) in [6, 6.07) is 21.7. The van der Waals surface area contributed by atoms with E-state index in [0.717, 1.165) is 22.8 Å². The lowest BCUT2D eigenvalue weighted by molar-refractivity contribution is -0.128. The Morgan fingerprint density at radius 3 is 2.48 bits per heavy atom. The summed E-state index contributed by atoms with van der Waals surface area (Å²) in [6.07, 6.45) is 4.23. The van der Waals surface area contributed by atoms with Gasteiger partial charge in [-0.25, -0.2) is 4.79 Å². The second-order valence-electron chi connectivity index (χ2n) is 5.32. The van der Waals surface area contributed by atoms with Crippen LogP contribution in [0, 0.1) is 0 Å². The van der Waals surface area contributed by atoms with E-state index in [0.29, 0.717) is 5.75 Å². The summed E-state index contributed by atoms with van der Waals surface area (Å²) in [6.45, 7) is 2.09. The van der Waals surface area contributed by atoms with Gasteiger partial charge in [0.15, 0.2) is 0 Å². The zero-order valence-corrected chi connectivity index (χ0v) is 13.0. The Labute approximate surface area is 136 Å². The fourth-order valence-electron chi connectivity index (χ4n) is 2.50. The van der Waals surface area contributed by atoms with E-state index in [2.05, 4.69) is 19.1 Å². The second kappa shape index (κ2) is 6.93. The van der Waals surface area contributed by atoms with Gasteiger partial charge in [0.2, 0.25) is 0 Å². The Balaban J connectivity index is 1.74. The highest BCUT2D eigenvalue weighted by atomic mass is 16.5. The third kappa shape index (κ3) is 3.67. The van der Waals surface area contributed by atoms with Crippen LogP contribution in [0.4, 0.5) is 0 Å². The third-order valence-corrected chi connectivity index (χ3v) is 3.77. The van der Waals surface area contributed by atoms with Crippen molar-refractivity contribution in [1.82, 2.24) is 0 Å². The number of hydrogen-bond donors (Lipinski definition) is 0. The van der Waals surface area contributed by atoms with Crippen LogP contribution in [0.1, 0.15) is 18.1 Å². The van der Waals surface area contributed by atoms with E-state index in [1.165, 1.54) is 11.6 Å². The van der Waals surface area contributed by atoms with Crippen molar-refractivity contribution in [2.24, 2.45) is 0 Å². The van der Waals surface area contributed by atoms with Gasteiger partial charge in [-0.15, -0.1) is 0 Å². The zero-order valence-electron chi connectivity index (χ0n) is 13.0. The number of ether oxygens (including phenoxy) is 1. The molecule has 0 spiro atoms. The molecule has 3 aromatic carbocycles. The van der Waals surface area contributed by atoms with E-state index in [1.54, 1.807) is 6.08 Å². The van der Waals surface area contributed by atoms with Crippen molar-refractivity contribution in [2.45, 2.75) is 13.3 Å². The van der Waals surface area contributed by atoms with Crippen molar-refractivity contribution in [3.8, 4) is 5.75 Å². The Bertz CT molecular complexity index is 840. The van der Waals surface area contributed by atoms with Gasteiger partial charge in [0.1, 0.15) is 5.75 Å². The highest BCUT2D eigenvalue weighted by Gasteiger charge is 2.02. The first kappa shape index (κ1) is 15.0. The van der Waals surface area contributed by atoms with Crippen molar-refractivity contribution in [3.63, 3.8) is 0 Å². The van der Waals surface area contributed by atoms with E-state index in [9.17, 15) is 4.79 Å². The molecule has 23 heavy (non-hydrogen) atoms. The summed E-state index contributed by atoms with van der Waals surface area (Å²) < 4.78 is 5.32. The van der Waals surface area contributed by atoms with Crippen LogP contribution in [0.2, 0.25) is 0 Å². The number of hydrogen-bond acceptors (Lipinski definition) is 2. The summed E-state index contributed by atoms with van der Waals surface area (Å²) in [5, 5.41) is 2.27. The molecule has 0 saturated heterocycles. The standard InChI is InChI=1S/C21H18O2/c1-2-16-10-13-19(14-11-16)23-21(22)15-12-18-8-5-7-17-6-3-4-9-20(17)18/h3-15H,2H2,1H3. The van der Waals surface area contributed by atoms with Crippen LogP contribution in [-0.2, 0) is 11.2 Å². The molecule has 0 atom stereocenters. The van der Waals surface area contributed by atoms with Crippen molar-refractivity contribution in [3.05, 3.63) is 83.9 Å². The molecule has 0 unspecified atom stereocenters. The molecule has 0 fully saturated rings. The number of carbonyl (C=O) groups is 1.